The molecule has 5 nitrogen and oxygen atoms in total. The van der Waals surface area contributed by atoms with E-state index in [-0.39, 0.29) is 5.25 Å². The minimum absolute atomic E-state index is 0.203. The van der Waals surface area contributed by atoms with Crippen molar-refractivity contribution in [3.8, 4) is 0 Å². The first-order valence-electron chi connectivity index (χ1n) is 7.79. The lowest BCUT2D eigenvalue weighted by molar-refractivity contribution is 0.0912. The molecule has 0 bridgehead atoms. The Bertz CT molecular complexity index is 391. The predicted molar refractivity (Wildman–Crippen MR) is 80.2 cm³/mol. The molecule has 20 heavy (non-hydrogen) atoms. The van der Waals surface area contributed by atoms with Crippen LogP contribution >= 0.6 is 0 Å². The van der Waals surface area contributed by atoms with Crippen LogP contribution in [0.15, 0.2) is 0 Å². The quantitative estimate of drug-likeness (QED) is 0.662. The van der Waals surface area contributed by atoms with Gasteiger partial charge in [-0.05, 0) is 31.7 Å². The second-order valence-corrected chi connectivity index (χ2v) is 8.54. The molecular formula is C14H28N2O3S. The van der Waals surface area contributed by atoms with Gasteiger partial charge in [-0.25, -0.2) is 12.7 Å². The van der Waals surface area contributed by atoms with Gasteiger partial charge >= 0.3 is 0 Å². The third-order valence-corrected chi connectivity index (χ3v) is 6.39. The highest BCUT2D eigenvalue weighted by atomic mass is 32.2. The number of nitrogens with zero attached hydrogens (tertiary/aromatic N) is 2. The summed E-state index contributed by atoms with van der Waals surface area (Å²) < 4.78 is 32.2. The molecule has 2 aliphatic rings. The maximum absolute atomic E-state index is 12.5. The van der Waals surface area contributed by atoms with Crippen LogP contribution in [0, 0.1) is 5.92 Å². The molecule has 0 N–H and O–H groups in total. The molecule has 6 heteroatoms. The molecule has 1 atom stereocenters. The Hall–Kier alpha value is -0.170. The van der Waals surface area contributed by atoms with Crippen molar-refractivity contribution >= 4 is 10.0 Å². The summed E-state index contributed by atoms with van der Waals surface area (Å²) in [5.74, 6) is 0.553. The molecule has 0 amide bonds. The summed E-state index contributed by atoms with van der Waals surface area (Å²) in [6.07, 6.45) is 2.79. The number of rotatable bonds is 7. The summed E-state index contributed by atoms with van der Waals surface area (Å²) in [6.45, 7) is 9.58. The van der Waals surface area contributed by atoms with E-state index in [4.69, 9.17) is 4.74 Å². The topological polar surface area (TPSA) is 49.9 Å². The highest BCUT2D eigenvalue weighted by Gasteiger charge is 2.37. The molecule has 2 saturated heterocycles. The SMILES string of the molecule is CC(C)COCCN1CCC(S(=O)(=O)N2CCCC2)C1. The third kappa shape index (κ3) is 4.16. The zero-order chi connectivity index (χ0) is 14.6. The second kappa shape index (κ2) is 7.20. The fourth-order valence-corrected chi connectivity index (χ4v) is 4.90. The molecule has 0 spiro atoms. The number of sulfonamides is 1. The van der Waals surface area contributed by atoms with Crippen LogP contribution in [-0.2, 0) is 14.8 Å². The van der Waals surface area contributed by atoms with Gasteiger partial charge in [-0.1, -0.05) is 13.8 Å². The van der Waals surface area contributed by atoms with Crippen molar-refractivity contribution < 1.29 is 13.2 Å². The predicted octanol–water partition coefficient (Wildman–Crippen LogP) is 1.16. The van der Waals surface area contributed by atoms with Gasteiger partial charge in [0, 0.05) is 32.8 Å². The Balaban J connectivity index is 1.74. The second-order valence-electron chi connectivity index (χ2n) is 6.33. The molecule has 0 radical (unpaired) electrons. The summed E-state index contributed by atoms with van der Waals surface area (Å²) in [7, 11) is -3.06. The fraction of sp³-hybridized carbons (Fsp3) is 1.00. The summed E-state index contributed by atoms with van der Waals surface area (Å²) >= 11 is 0. The zero-order valence-corrected chi connectivity index (χ0v) is 13.6. The van der Waals surface area contributed by atoms with Crippen molar-refractivity contribution in [1.82, 2.24) is 9.21 Å². The van der Waals surface area contributed by atoms with Crippen molar-refractivity contribution in [3.05, 3.63) is 0 Å². The number of hydrogen-bond acceptors (Lipinski definition) is 4. The monoisotopic (exact) mass is 304 g/mol. The molecule has 0 aromatic heterocycles. The van der Waals surface area contributed by atoms with Gasteiger partial charge < -0.3 is 4.74 Å². The van der Waals surface area contributed by atoms with Crippen LogP contribution in [0.4, 0.5) is 0 Å². The van der Waals surface area contributed by atoms with Crippen molar-refractivity contribution in [2.75, 3.05) is 45.9 Å². The van der Waals surface area contributed by atoms with Gasteiger partial charge in [-0.3, -0.25) is 4.90 Å². The van der Waals surface area contributed by atoms with Gasteiger partial charge in [0.2, 0.25) is 10.0 Å². The minimum atomic E-state index is -3.06. The molecular weight excluding hydrogens is 276 g/mol. The van der Waals surface area contributed by atoms with Crippen LogP contribution in [0.2, 0.25) is 0 Å². The molecule has 0 aliphatic carbocycles. The fourth-order valence-electron chi connectivity index (χ4n) is 2.91. The summed E-state index contributed by atoms with van der Waals surface area (Å²) in [5, 5.41) is -0.203. The van der Waals surface area contributed by atoms with Gasteiger partial charge in [-0.2, -0.15) is 0 Å². The van der Waals surface area contributed by atoms with E-state index in [1.165, 1.54) is 0 Å². The summed E-state index contributed by atoms with van der Waals surface area (Å²) in [5.41, 5.74) is 0. The highest BCUT2D eigenvalue weighted by molar-refractivity contribution is 7.89. The first kappa shape index (κ1) is 16.2. The number of hydrogen-bond donors (Lipinski definition) is 0. The van der Waals surface area contributed by atoms with Gasteiger partial charge in [-0.15, -0.1) is 0 Å². The first-order chi connectivity index (χ1) is 9.50. The first-order valence-corrected chi connectivity index (χ1v) is 9.29. The van der Waals surface area contributed by atoms with E-state index >= 15 is 0 Å². The van der Waals surface area contributed by atoms with E-state index in [2.05, 4.69) is 18.7 Å². The summed E-state index contributed by atoms with van der Waals surface area (Å²) in [6, 6.07) is 0. The molecule has 0 aromatic carbocycles. The Labute approximate surface area is 123 Å². The molecule has 0 aromatic rings. The van der Waals surface area contributed by atoms with Crippen LogP contribution in [0.25, 0.3) is 0 Å². The Morgan fingerprint density at radius 2 is 1.90 bits per heavy atom. The molecule has 2 rings (SSSR count). The molecule has 2 heterocycles. The minimum Gasteiger partial charge on any atom is -0.380 e. The van der Waals surface area contributed by atoms with Gasteiger partial charge in [0.05, 0.1) is 11.9 Å². The molecule has 0 saturated carbocycles. The number of likely N-dealkylation sites (tertiary alicyclic amines) is 1. The third-order valence-electron chi connectivity index (χ3n) is 4.08. The average molecular weight is 304 g/mol. The summed E-state index contributed by atoms with van der Waals surface area (Å²) in [4.78, 5) is 2.22. The van der Waals surface area contributed by atoms with E-state index in [1.807, 2.05) is 0 Å². The van der Waals surface area contributed by atoms with Crippen LogP contribution in [0.5, 0.6) is 0 Å². The van der Waals surface area contributed by atoms with Crippen LogP contribution in [0.3, 0.4) is 0 Å². The van der Waals surface area contributed by atoms with Crippen molar-refractivity contribution in [2.45, 2.75) is 38.4 Å². The standard InChI is InChI=1S/C14H28N2O3S/c1-13(2)12-19-10-9-15-8-5-14(11-15)20(17,18)16-6-3-4-7-16/h13-14H,3-12H2,1-2H3. The average Bonchev–Trinajstić information content (AvgIpc) is 3.05. The molecule has 1 unspecified atom stereocenters. The lowest BCUT2D eigenvalue weighted by atomic mass is 10.2. The van der Waals surface area contributed by atoms with Gasteiger partial charge in [0.1, 0.15) is 0 Å². The number of ether oxygens (including phenoxy) is 1. The zero-order valence-electron chi connectivity index (χ0n) is 12.8. The van der Waals surface area contributed by atoms with E-state index in [0.717, 1.165) is 52.0 Å². The Morgan fingerprint density at radius 1 is 1.20 bits per heavy atom. The van der Waals surface area contributed by atoms with Crippen molar-refractivity contribution in [3.63, 3.8) is 0 Å². The van der Waals surface area contributed by atoms with Gasteiger partial charge in [0.15, 0.2) is 0 Å². The van der Waals surface area contributed by atoms with E-state index < -0.39 is 10.0 Å². The maximum Gasteiger partial charge on any atom is 0.218 e. The normalized spacial score (nSPS) is 25.9. The lowest BCUT2D eigenvalue weighted by Crippen LogP contribution is -2.38. The maximum atomic E-state index is 12.5. The van der Waals surface area contributed by atoms with E-state index in [0.29, 0.717) is 19.1 Å². The van der Waals surface area contributed by atoms with Crippen LogP contribution in [-0.4, -0.2) is 68.8 Å². The van der Waals surface area contributed by atoms with Crippen molar-refractivity contribution in [2.24, 2.45) is 5.92 Å². The van der Waals surface area contributed by atoms with Crippen LogP contribution < -0.4 is 0 Å². The van der Waals surface area contributed by atoms with E-state index in [1.54, 1.807) is 4.31 Å². The van der Waals surface area contributed by atoms with E-state index in [9.17, 15) is 8.42 Å². The Kier molecular flexibility index (Phi) is 5.84. The molecule has 118 valence electrons. The van der Waals surface area contributed by atoms with Crippen LogP contribution in [0.1, 0.15) is 33.1 Å². The molecule has 2 aliphatic heterocycles. The lowest BCUT2D eigenvalue weighted by Gasteiger charge is -2.21. The Morgan fingerprint density at radius 3 is 2.55 bits per heavy atom. The highest BCUT2D eigenvalue weighted by Crippen LogP contribution is 2.23. The largest absolute Gasteiger partial charge is 0.380 e. The van der Waals surface area contributed by atoms with Gasteiger partial charge in [0.25, 0.3) is 0 Å². The van der Waals surface area contributed by atoms with Crippen molar-refractivity contribution in [1.29, 1.82) is 0 Å². The molecule has 2 fully saturated rings. The smallest absolute Gasteiger partial charge is 0.218 e.